The first-order valence-electron chi connectivity index (χ1n) is 7.55. The van der Waals surface area contributed by atoms with Crippen LogP contribution in [0.25, 0.3) is 11.0 Å². The van der Waals surface area contributed by atoms with Gasteiger partial charge in [-0.3, -0.25) is 4.79 Å². The first kappa shape index (κ1) is 16.0. The Bertz CT molecular complexity index is 839. The van der Waals surface area contributed by atoms with Crippen LogP contribution in [0.3, 0.4) is 0 Å². The summed E-state index contributed by atoms with van der Waals surface area (Å²) in [6.45, 7) is 3.42. The molecular formula is C18H18IN3O. The highest BCUT2D eigenvalue weighted by Gasteiger charge is 2.16. The number of carbonyl (C=O) groups is 1. The van der Waals surface area contributed by atoms with Gasteiger partial charge in [-0.2, -0.15) is 0 Å². The molecule has 5 heteroatoms. The molecule has 0 atom stereocenters. The lowest BCUT2D eigenvalue weighted by Crippen LogP contribution is -2.27. The molecule has 0 radical (unpaired) electrons. The van der Waals surface area contributed by atoms with Crippen LogP contribution in [0.1, 0.15) is 23.1 Å². The normalized spacial score (nSPS) is 10.9. The maximum atomic E-state index is 12.6. The van der Waals surface area contributed by atoms with E-state index in [0.29, 0.717) is 12.1 Å². The van der Waals surface area contributed by atoms with Crippen molar-refractivity contribution < 1.29 is 4.79 Å². The molecule has 3 rings (SSSR count). The molecular weight excluding hydrogens is 401 g/mol. The smallest absolute Gasteiger partial charge is 0.254 e. The summed E-state index contributed by atoms with van der Waals surface area (Å²) in [6.07, 6.45) is 0. The summed E-state index contributed by atoms with van der Waals surface area (Å²) in [4.78, 5) is 19.0. The Balaban J connectivity index is 1.86. The molecule has 0 aliphatic heterocycles. The maximum absolute atomic E-state index is 12.6. The largest absolute Gasteiger partial charge is 0.334 e. The minimum atomic E-state index is 0.0103. The van der Waals surface area contributed by atoms with Crippen molar-refractivity contribution in [3.05, 3.63) is 63.5 Å². The SMILES string of the molecule is CCn1c(CN(C)C(=O)c2ccc(I)cc2)nc2ccccc21. The van der Waals surface area contributed by atoms with E-state index in [1.54, 1.807) is 4.90 Å². The summed E-state index contributed by atoms with van der Waals surface area (Å²) in [5, 5.41) is 0. The number of amides is 1. The lowest BCUT2D eigenvalue weighted by Gasteiger charge is -2.17. The van der Waals surface area contributed by atoms with Crippen LogP contribution in [0.4, 0.5) is 0 Å². The topological polar surface area (TPSA) is 38.1 Å². The van der Waals surface area contributed by atoms with E-state index in [0.717, 1.165) is 27.0 Å². The van der Waals surface area contributed by atoms with Gasteiger partial charge in [-0.15, -0.1) is 0 Å². The van der Waals surface area contributed by atoms with Crippen LogP contribution >= 0.6 is 22.6 Å². The molecule has 2 aromatic carbocycles. The molecule has 118 valence electrons. The molecule has 0 aliphatic rings. The molecule has 0 saturated carbocycles. The fourth-order valence-electron chi connectivity index (χ4n) is 2.70. The second kappa shape index (κ2) is 6.70. The van der Waals surface area contributed by atoms with Gasteiger partial charge in [0.2, 0.25) is 0 Å². The van der Waals surface area contributed by atoms with E-state index in [1.807, 2.05) is 49.5 Å². The fourth-order valence-corrected chi connectivity index (χ4v) is 3.06. The molecule has 0 saturated heterocycles. The highest BCUT2D eigenvalue weighted by atomic mass is 127. The number of aryl methyl sites for hydroxylation is 1. The van der Waals surface area contributed by atoms with Crippen molar-refractivity contribution in [3.63, 3.8) is 0 Å². The average Bonchev–Trinajstić information content (AvgIpc) is 2.91. The number of halogens is 1. The number of hydrogen-bond donors (Lipinski definition) is 0. The van der Waals surface area contributed by atoms with Crippen LogP contribution in [0.15, 0.2) is 48.5 Å². The third kappa shape index (κ3) is 3.24. The van der Waals surface area contributed by atoms with Gasteiger partial charge < -0.3 is 9.47 Å². The Kier molecular flexibility index (Phi) is 4.66. The van der Waals surface area contributed by atoms with Gasteiger partial charge in [-0.05, 0) is 65.9 Å². The molecule has 0 bridgehead atoms. The zero-order valence-electron chi connectivity index (χ0n) is 13.2. The van der Waals surface area contributed by atoms with Crippen LogP contribution < -0.4 is 0 Å². The third-order valence-corrected chi connectivity index (χ3v) is 4.59. The summed E-state index contributed by atoms with van der Waals surface area (Å²) in [5.74, 6) is 0.922. The fraction of sp³-hybridized carbons (Fsp3) is 0.222. The van der Waals surface area contributed by atoms with Gasteiger partial charge in [0.15, 0.2) is 0 Å². The lowest BCUT2D eigenvalue weighted by atomic mass is 10.2. The number of carbonyl (C=O) groups excluding carboxylic acids is 1. The van der Waals surface area contributed by atoms with Crippen molar-refractivity contribution in [2.45, 2.75) is 20.0 Å². The molecule has 0 N–H and O–H groups in total. The van der Waals surface area contributed by atoms with Crippen LogP contribution in [0, 0.1) is 3.57 Å². The second-order valence-corrected chi connectivity index (χ2v) is 6.67. The summed E-state index contributed by atoms with van der Waals surface area (Å²) < 4.78 is 3.28. The number of aromatic nitrogens is 2. The maximum Gasteiger partial charge on any atom is 0.254 e. The van der Waals surface area contributed by atoms with Gasteiger partial charge in [0.05, 0.1) is 17.6 Å². The predicted octanol–water partition coefficient (Wildman–Crippen LogP) is 3.93. The Morgan fingerprint density at radius 2 is 1.87 bits per heavy atom. The molecule has 0 aliphatic carbocycles. The number of para-hydroxylation sites is 2. The van der Waals surface area contributed by atoms with E-state index in [2.05, 4.69) is 45.1 Å². The van der Waals surface area contributed by atoms with E-state index < -0.39 is 0 Å². The minimum absolute atomic E-state index is 0.0103. The number of fused-ring (bicyclic) bond motifs is 1. The van der Waals surface area contributed by atoms with Gasteiger partial charge in [0.25, 0.3) is 5.91 Å². The Labute approximate surface area is 149 Å². The molecule has 1 aromatic heterocycles. The van der Waals surface area contributed by atoms with Crippen molar-refractivity contribution in [1.82, 2.24) is 14.5 Å². The molecule has 0 unspecified atom stereocenters. The van der Waals surface area contributed by atoms with Gasteiger partial charge in [0, 0.05) is 22.7 Å². The van der Waals surface area contributed by atoms with Crippen LogP contribution in [0.5, 0.6) is 0 Å². The molecule has 4 nitrogen and oxygen atoms in total. The highest BCUT2D eigenvalue weighted by molar-refractivity contribution is 14.1. The molecule has 3 aromatic rings. The van der Waals surface area contributed by atoms with E-state index in [9.17, 15) is 4.79 Å². The number of nitrogens with zero attached hydrogens (tertiary/aromatic N) is 3. The van der Waals surface area contributed by atoms with E-state index in [-0.39, 0.29) is 5.91 Å². The number of imidazole rings is 1. The number of hydrogen-bond acceptors (Lipinski definition) is 2. The molecule has 23 heavy (non-hydrogen) atoms. The van der Waals surface area contributed by atoms with Gasteiger partial charge in [-0.1, -0.05) is 12.1 Å². The summed E-state index contributed by atoms with van der Waals surface area (Å²) in [7, 11) is 1.82. The van der Waals surface area contributed by atoms with Gasteiger partial charge >= 0.3 is 0 Å². The van der Waals surface area contributed by atoms with Crippen molar-refractivity contribution in [2.24, 2.45) is 0 Å². The Hall–Kier alpha value is -1.89. The summed E-state index contributed by atoms with van der Waals surface area (Å²) >= 11 is 2.23. The standard InChI is InChI=1S/C18H18IN3O/c1-3-22-16-7-5-4-6-15(16)20-17(22)12-21(2)18(23)13-8-10-14(19)11-9-13/h4-11H,3,12H2,1-2H3. The van der Waals surface area contributed by atoms with E-state index in [1.165, 1.54) is 0 Å². The first-order chi connectivity index (χ1) is 11.1. The van der Waals surface area contributed by atoms with E-state index >= 15 is 0 Å². The summed E-state index contributed by atoms with van der Waals surface area (Å²) in [5.41, 5.74) is 2.78. The molecule has 0 fully saturated rings. The molecule has 1 heterocycles. The van der Waals surface area contributed by atoms with Crippen LogP contribution in [0.2, 0.25) is 0 Å². The monoisotopic (exact) mass is 419 g/mol. The Morgan fingerprint density at radius 1 is 1.17 bits per heavy atom. The molecule has 1 amide bonds. The number of benzene rings is 2. The van der Waals surface area contributed by atoms with Crippen molar-refractivity contribution in [3.8, 4) is 0 Å². The number of rotatable bonds is 4. The van der Waals surface area contributed by atoms with Crippen LogP contribution in [-0.4, -0.2) is 27.4 Å². The predicted molar refractivity (Wildman–Crippen MR) is 100 cm³/mol. The average molecular weight is 419 g/mol. The third-order valence-electron chi connectivity index (χ3n) is 3.87. The zero-order valence-corrected chi connectivity index (χ0v) is 15.3. The van der Waals surface area contributed by atoms with Crippen molar-refractivity contribution >= 4 is 39.5 Å². The first-order valence-corrected chi connectivity index (χ1v) is 8.63. The van der Waals surface area contributed by atoms with Crippen LogP contribution in [-0.2, 0) is 13.1 Å². The quantitative estimate of drug-likeness (QED) is 0.602. The minimum Gasteiger partial charge on any atom is -0.334 e. The second-order valence-electron chi connectivity index (χ2n) is 5.43. The van der Waals surface area contributed by atoms with Gasteiger partial charge in [0.1, 0.15) is 5.82 Å². The van der Waals surface area contributed by atoms with Crippen molar-refractivity contribution in [2.75, 3.05) is 7.05 Å². The zero-order chi connectivity index (χ0) is 16.4. The Morgan fingerprint density at radius 3 is 2.57 bits per heavy atom. The van der Waals surface area contributed by atoms with Crippen molar-refractivity contribution in [1.29, 1.82) is 0 Å². The molecule has 0 spiro atoms. The summed E-state index contributed by atoms with van der Waals surface area (Å²) in [6, 6.07) is 15.7. The van der Waals surface area contributed by atoms with Gasteiger partial charge in [-0.25, -0.2) is 4.98 Å². The lowest BCUT2D eigenvalue weighted by molar-refractivity contribution is 0.0780. The highest BCUT2D eigenvalue weighted by Crippen LogP contribution is 2.18. The van der Waals surface area contributed by atoms with E-state index in [4.69, 9.17) is 0 Å².